The molecule has 27 heavy (non-hydrogen) atoms. The van der Waals surface area contributed by atoms with Crippen LogP contribution in [0.25, 0.3) is 10.9 Å². The highest BCUT2D eigenvalue weighted by atomic mass is 35.5. The van der Waals surface area contributed by atoms with Crippen LogP contribution in [-0.4, -0.2) is 53.3 Å². The number of amides is 2. The Kier molecular flexibility index (Phi) is 4.46. The van der Waals surface area contributed by atoms with Crippen LogP contribution in [0.15, 0.2) is 29.2 Å². The Balaban J connectivity index is 1.57. The first-order valence-corrected chi connectivity index (χ1v) is 9.55. The molecule has 2 aromatic rings. The third-order valence-electron chi connectivity index (χ3n) is 6.13. The minimum Gasteiger partial charge on any atom is -0.360 e. The number of aromatic amines is 1. The summed E-state index contributed by atoms with van der Waals surface area (Å²) in [5, 5.41) is 0.980. The fraction of sp³-hybridized carbons (Fsp3) is 0.450. The van der Waals surface area contributed by atoms with Gasteiger partial charge in [-0.25, -0.2) is 0 Å². The summed E-state index contributed by atoms with van der Waals surface area (Å²) in [6.07, 6.45) is 3.70. The first-order valence-electron chi connectivity index (χ1n) is 9.17. The molecule has 1 N–H and O–H groups in total. The van der Waals surface area contributed by atoms with Gasteiger partial charge in [0.1, 0.15) is 5.56 Å². The Morgan fingerprint density at radius 2 is 2.00 bits per heavy atom. The smallest absolute Gasteiger partial charge is 0.259 e. The van der Waals surface area contributed by atoms with E-state index in [9.17, 15) is 14.4 Å². The van der Waals surface area contributed by atoms with Gasteiger partial charge in [-0.15, -0.1) is 0 Å². The predicted molar refractivity (Wildman–Crippen MR) is 104 cm³/mol. The zero-order valence-electron chi connectivity index (χ0n) is 15.4. The van der Waals surface area contributed by atoms with E-state index in [1.807, 2.05) is 7.05 Å². The molecule has 1 aliphatic carbocycles. The number of aromatic nitrogens is 1. The van der Waals surface area contributed by atoms with Crippen molar-refractivity contribution in [1.29, 1.82) is 0 Å². The molecule has 0 bridgehead atoms. The molecular weight excluding hydrogens is 366 g/mol. The summed E-state index contributed by atoms with van der Waals surface area (Å²) in [5.74, 6) is 0.642. The average Bonchev–Trinajstić information content (AvgIpc) is 3.03. The van der Waals surface area contributed by atoms with E-state index in [4.69, 9.17) is 11.6 Å². The SMILES string of the molecule is CN1C[C@H]2C[C@@H](N(C)C(=O)c3c[nH]c4cc(Cl)ccc4c3=O)C[C@H]2CC1=O. The van der Waals surface area contributed by atoms with Crippen LogP contribution in [0.5, 0.6) is 0 Å². The number of nitrogens with zero attached hydrogens (tertiary/aromatic N) is 2. The molecule has 0 unspecified atom stereocenters. The molecule has 2 heterocycles. The quantitative estimate of drug-likeness (QED) is 0.860. The summed E-state index contributed by atoms with van der Waals surface area (Å²) < 4.78 is 0. The molecule has 1 aliphatic heterocycles. The van der Waals surface area contributed by atoms with Crippen molar-refractivity contribution in [3.8, 4) is 0 Å². The van der Waals surface area contributed by atoms with Crippen molar-refractivity contribution in [3.63, 3.8) is 0 Å². The molecule has 3 atom stereocenters. The Morgan fingerprint density at radius 3 is 2.78 bits per heavy atom. The number of piperidine rings is 1. The summed E-state index contributed by atoms with van der Waals surface area (Å²) in [6.45, 7) is 0.749. The molecule has 6 nitrogen and oxygen atoms in total. The third-order valence-corrected chi connectivity index (χ3v) is 6.36. The molecular formula is C20H22ClN3O3. The number of nitrogens with one attached hydrogen (secondary N) is 1. The van der Waals surface area contributed by atoms with Gasteiger partial charge in [0.15, 0.2) is 0 Å². The molecule has 2 aliphatic rings. The van der Waals surface area contributed by atoms with Crippen molar-refractivity contribution >= 4 is 34.3 Å². The van der Waals surface area contributed by atoms with Gasteiger partial charge in [0, 0.05) is 49.7 Å². The maximum absolute atomic E-state index is 13.0. The molecule has 0 radical (unpaired) electrons. The summed E-state index contributed by atoms with van der Waals surface area (Å²) in [6, 6.07) is 5.00. The second-order valence-electron chi connectivity index (χ2n) is 7.76. The average molecular weight is 388 g/mol. The van der Waals surface area contributed by atoms with Crippen molar-refractivity contribution < 1.29 is 9.59 Å². The van der Waals surface area contributed by atoms with Crippen molar-refractivity contribution in [3.05, 3.63) is 45.2 Å². The van der Waals surface area contributed by atoms with Crippen LogP contribution >= 0.6 is 11.6 Å². The molecule has 1 saturated heterocycles. The number of benzene rings is 1. The fourth-order valence-corrected chi connectivity index (χ4v) is 4.68. The minimum absolute atomic E-state index is 0.0483. The molecule has 7 heteroatoms. The zero-order chi connectivity index (χ0) is 19.3. The maximum Gasteiger partial charge on any atom is 0.259 e. The van der Waals surface area contributed by atoms with Gasteiger partial charge in [0.05, 0.1) is 5.52 Å². The van der Waals surface area contributed by atoms with Crippen LogP contribution in [-0.2, 0) is 4.79 Å². The fourth-order valence-electron chi connectivity index (χ4n) is 4.51. The van der Waals surface area contributed by atoms with Gasteiger partial charge in [0.2, 0.25) is 11.3 Å². The minimum atomic E-state index is -0.289. The number of halogens is 1. The highest BCUT2D eigenvalue weighted by Crippen LogP contribution is 2.40. The number of likely N-dealkylation sites (tertiary alicyclic amines) is 1. The lowest BCUT2D eigenvalue weighted by Crippen LogP contribution is -2.40. The zero-order valence-corrected chi connectivity index (χ0v) is 16.1. The van der Waals surface area contributed by atoms with Gasteiger partial charge in [-0.1, -0.05) is 11.6 Å². The van der Waals surface area contributed by atoms with Crippen molar-refractivity contribution in [2.45, 2.75) is 25.3 Å². The highest BCUT2D eigenvalue weighted by molar-refractivity contribution is 6.31. The predicted octanol–water partition coefficient (Wildman–Crippen LogP) is 2.51. The van der Waals surface area contributed by atoms with Crippen LogP contribution in [0.4, 0.5) is 0 Å². The number of pyridine rings is 1. The molecule has 142 valence electrons. The van der Waals surface area contributed by atoms with Crippen molar-refractivity contribution in [2.75, 3.05) is 20.6 Å². The van der Waals surface area contributed by atoms with E-state index < -0.39 is 0 Å². The lowest BCUT2D eigenvalue weighted by Gasteiger charge is -2.31. The summed E-state index contributed by atoms with van der Waals surface area (Å²) in [5.41, 5.74) is 0.457. The van der Waals surface area contributed by atoms with E-state index in [1.165, 1.54) is 6.20 Å². The normalized spacial score (nSPS) is 24.9. The number of carbonyl (C=O) groups is 2. The van der Waals surface area contributed by atoms with Gasteiger partial charge >= 0.3 is 0 Å². The third kappa shape index (κ3) is 3.12. The van der Waals surface area contributed by atoms with E-state index >= 15 is 0 Å². The molecule has 4 rings (SSSR count). The van der Waals surface area contributed by atoms with Gasteiger partial charge in [-0.05, 0) is 42.9 Å². The van der Waals surface area contributed by atoms with E-state index in [0.29, 0.717) is 34.2 Å². The van der Waals surface area contributed by atoms with Crippen LogP contribution in [0.1, 0.15) is 29.6 Å². The van der Waals surface area contributed by atoms with Gasteiger partial charge in [-0.2, -0.15) is 0 Å². The first-order chi connectivity index (χ1) is 12.8. The summed E-state index contributed by atoms with van der Waals surface area (Å²) in [4.78, 5) is 44.2. The monoisotopic (exact) mass is 387 g/mol. The maximum atomic E-state index is 13.0. The molecule has 1 saturated carbocycles. The molecule has 1 aromatic heterocycles. The highest BCUT2D eigenvalue weighted by Gasteiger charge is 2.42. The number of H-pyrrole nitrogens is 1. The first kappa shape index (κ1) is 18.0. The molecule has 0 spiro atoms. The number of rotatable bonds is 2. The second kappa shape index (κ2) is 6.68. The van der Waals surface area contributed by atoms with Gasteiger partial charge in [-0.3, -0.25) is 14.4 Å². The topological polar surface area (TPSA) is 73.5 Å². The second-order valence-corrected chi connectivity index (χ2v) is 8.20. The number of hydrogen-bond donors (Lipinski definition) is 1. The number of fused-ring (bicyclic) bond motifs is 2. The standard InChI is InChI=1S/C20H22ClN3O3/c1-23-10-12-6-14(5-11(12)7-18(23)25)24(2)20(27)16-9-22-17-8-13(21)3-4-15(17)19(16)26/h3-4,8-9,11-12,14H,5-7,10H2,1-2H3,(H,22,26)/t11-,12+,14-/m0/s1. The molecule has 1 aromatic carbocycles. The Morgan fingerprint density at radius 1 is 1.26 bits per heavy atom. The van der Waals surface area contributed by atoms with E-state index in [1.54, 1.807) is 35.0 Å². The van der Waals surface area contributed by atoms with Gasteiger partial charge < -0.3 is 14.8 Å². The number of hydrogen-bond acceptors (Lipinski definition) is 3. The van der Waals surface area contributed by atoms with Gasteiger partial charge in [0.25, 0.3) is 5.91 Å². The Hall–Kier alpha value is -2.34. The van der Waals surface area contributed by atoms with E-state index in [0.717, 1.165) is 19.4 Å². The molecule has 2 amide bonds. The van der Waals surface area contributed by atoms with Crippen molar-refractivity contribution in [1.82, 2.24) is 14.8 Å². The lowest BCUT2D eigenvalue weighted by atomic mass is 9.88. The van der Waals surface area contributed by atoms with E-state index in [-0.39, 0.29) is 28.8 Å². The van der Waals surface area contributed by atoms with Crippen LogP contribution < -0.4 is 5.43 Å². The van der Waals surface area contributed by atoms with Crippen LogP contribution in [0, 0.1) is 11.8 Å². The number of carbonyl (C=O) groups excluding carboxylic acids is 2. The Labute approximate surface area is 162 Å². The van der Waals surface area contributed by atoms with Crippen molar-refractivity contribution in [2.24, 2.45) is 11.8 Å². The Bertz CT molecular complexity index is 986. The van der Waals surface area contributed by atoms with Crippen LogP contribution in [0.3, 0.4) is 0 Å². The summed E-state index contributed by atoms with van der Waals surface area (Å²) >= 11 is 5.97. The molecule has 2 fully saturated rings. The largest absolute Gasteiger partial charge is 0.360 e. The summed E-state index contributed by atoms with van der Waals surface area (Å²) in [7, 11) is 3.59. The van der Waals surface area contributed by atoms with Crippen LogP contribution in [0.2, 0.25) is 5.02 Å². The van der Waals surface area contributed by atoms with E-state index in [2.05, 4.69) is 4.98 Å². The lowest BCUT2D eigenvalue weighted by molar-refractivity contribution is -0.134.